The molecule has 0 unspecified atom stereocenters. The fourth-order valence-electron chi connectivity index (χ4n) is 1.26. The Bertz CT molecular complexity index is 468. The molecular formula is C9H13N7. The van der Waals surface area contributed by atoms with Crippen molar-refractivity contribution in [1.82, 2.24) is 19.7 Å². The smallest absolute Gasteiger partial charge is 0.246 e. The van der Waals surface area contributed by atoms with Crippen LogP contribution in [0.3, 0.4) is 0 Å². The third kappa shape index (κ3) is 2.08. The Balaban J connectivity index is 2.16. The molecule has 2 rings (SSSR count). The molecule has 0 atom stereocenters. The quantitative estimate of drug-likeness (QED) is 0.769. The van der Waals surface area contributed by atoms with Crippen LogP contribution in [0.2, 0.25) is 0 Å². The van der Waals surface area contributed by atoms with Crippen molar-refractivity contribution < 1.29 is 0 Å². The maximum Gasteiger partial charge on any atom is 0.246 e. The molecule has 0 bridgehead atoms. The molecule has 0 saturated carbocycles. The molecule has 0 aliphatic heterocycles. The second kappa shape index (κ2) is 4.56. The molecule has 0 saturated heterocycles. The molecule has 7 heteroatoms. The number of rotatable bonds is 4. The van der Waals surface area contributed by atoms with Crippen molar-refractivity contribution in [3.05, 3.63) is 18.6 Å². The van der Waals surface area contributed by atoms with E-state index in [4.69, 9.17) is 5.73 Å². The number of nitrogens with zero attached hydrogens (tertiary/aromatic N) is 5. The first kappa shape index (κ1) is 10.3. The molecule has 3 N–H and O–H groups in total. The van der Waals surface area contributed by atoms with Gasteiger partial charge >= 0.3 is 0 Å². The number of H-pyrrole nitrogens is 1. The molecule has 0 fully saturated rings. The zero-order valence-corrected chi connectivity index (χ0v) is 8.96. The number of hydrogen-bond donors (Lipinski definition) is 2. The van der Waals surface area contributed by atoms with E-state index in [0.29, 0.717) is 17.5 Å². The predicted molar refractivity (Wildman–Crippen MR) is 59.7 cm³/mol. The van der Waals surface area contributed by atoms with E-state index < -0.39 is 0 Å². The number of aryl methyl sites for hydroxylation is 1. The van der Waals surface area contributed by atoms with Gasteiger partial charge < -0.3 is 10.7 Å². The lowest BCUT2D eigenvalue weighted by molar-refractivity contribution is 0.611. The van der Waals surface area contributed by atoms with Crippen molar-refractivity contribution in [3.8, 4) is 0 Å². The second-order valence-electron chi connectivity index (χ2n) is 3.25. The predicted octanol–water partition coefficient (Wildman–Crippen LogP) is 2.01. The normalized spacial score (nSPS) is 11.3. The molecule has 0 aromatic carbocycles. The van der Waals surface area contributed by atoms with E-state index in [2.05, 4.69) is 32.2 Å². The summed E-state index contributed by atoms with van der Waals surface area (Å²) in [7, 11) is 0. The minimum atomic E-state index is 0.447. The SMILES string of the molecule is CCCn1ncc(N=Nc2ncc[nH]2)c1N. The van der Waals surface area contributed by atoms with E-state index in [0.717, 1.165) is 13.0 Å². The second-order valence-corrected chi connectivity index (χ2v) is 3.25. The van der Waals surface area contributed by atoms with Gasteiger partial charge in [-0.2, -0.15) is 5.10 Å². The summed E-state index contributed by atoms with van der Waals surface area (Å²) >= 11 is 0. The van der Waals surface area contributed by atoms with Crippen LogP contribution in [-0.4, -0.2) is 19.7 Å². The van der Waals surface area contributed by atoms with Gasteiger partial charge in [0.05, 0.1) is 6.20 Å². The van der Waals surface area contributed by atoms with Crippen molar-refractivity contribution in [2.45, 2.75) is 19.9 Å². The van der Waals surface area contributed by atoms with E-state index in [-0.39, 0.29) is 0 Å². The minimum absolute atomic E-state index is 0.447. The average molecular weight is 219 g/mol. The Morgan fingerprint density at radius 2 is 2.38 bits per heavy atom. The highest BCUT2D eigenvalue weighted by Crippen LogP contribution is 2.22. The van der Waals surface area contributed by atoms with Crippen LogP contribution in [0.15, 0.2) is 28.8 Å². The van der Waals surface area contributed by atoms with Crippen LogP contribution in [0, 0.1) is 0 Å². The summed E-state index contributed by atoms with van der Waals surface area (Å²) in [6.07, 6.45) is 5.86. The maximum atomic E-state index is 5.84. The number of hydrogen-bond acceptors (Lipinski definition) is 5. The van der Waals surface area contributed by atoms with Crippen molar-refractivity contribution in [2.24, 2.45) is 10.2 Å². The fraction of sp³-hybridized carbons (Fsp3) is 0.333. The molecule has 84 valence electrons. The lowest BCUT2D eigenvalue weighted by Gasteiger charge is -1.99. The van der Waals surface area contributed by atoms with Gasteiger partial charge in [-0.3, -0.25) is 0 Å². The van der Waals surface area contributed by atoms with Crippen molar-refractivity contribution in [1.29, 1.82) is 0 Å². The fourth-order valence-corrected chi connectivity index (χ4v) is 1.26. The van der Waals surface area contributed by atoms with Gasteiger partial charge in [-0.25, -0.2) is 9.67 Å². The summed E-state index contributed by atoms with van der Waals surface area (Å²) in [5.74, 6) is 0.972. The van der Waals surface area contributed by atoms with E-state index in [1.807, 2.05) is 0 Å². The van der Waals surface area contributed by atoms with E-state index in [9.17, 15) is 0 Å². The number of nitrogen functional groups attached to an aromatic ring is 1. The Morgan fingerprint density at radius 3 is 3.06 bits per heavy atom. The Kier molecular flexibility index (Phi) is 2.95. The lowest BCUT2D eigenvalue weighted by Crippen LogP contribution is -2.03. The number of anilines is 1. The van der Waals surface area contributed by atoms with Crippen LogP contribution < -0.4 is 5.73 Å². The molecule has 2 aromatic rings. The maximum absolute atomic E-state index is 5.84. The summed E-state index contributed by atoms with van der Waals surface area (Å²) in [4.78, 5) is 6.74. The van der Waals surface area contributed by atoms with E-state index in [1.54, 1.807) is 23.3 Å². The molecule has 0 spiro atoms. The molecule has 2 heterocycles. The van der Waals surface area contributed by atoms with E-state index >= 15 is 0 Å². The molecule has 16 heavy (non-hydrogen) atoms. The van der Waals surface area contributed by atoms with Crippen molar-refractivity contribution in [2.75, 3.05) is 5.73 Å². The number of aromatic nitrogens is 4. The highest BCUT2D eigenvalue weighted by Gasteiger charge is 2.05. The molecule has 0 aliphatic carbocycles. The molecular weight excluding hydrogens is 206 g/mol. The average Bonchev–Trinajstić information content (AvgIpc) is 2.89. The van der Waals surface area contributed by atoms with Gasteiger partial charge in [-0.1, -0.05) is 6.92 Å². The molecule has 0 amide bonds. The Morgan fingerprint density at radius 1 is 1.50 bits per heavy atom. The van der Waals surface area contributed by atoms with Crippen LogP contribution in [0.5, 0.6) is 0 Å². The third-order valence-electron chi connectivity index (χ3n) is 2.03. The van der Waals surface area contributed by atoms with Crippen LogP contribution >= 0.6 is 0 Å². The van der Waals surface area contributed by atoms with Gasteiger partial charge in [0.2, 0.25) is 5.95 Å². The number of aromatic amines is 1. The summed E-state index contributed by atoms with van der Waals surface area (Å²) < 4.78 is 1.70. The number of imidazole rings is 1. The number of nitrogens with two attached hydrogens (primary N) is 1. The lowest BCUT2D eigenvalue weighted by atomic mass is 10.5. The first-order chi connectivity index (χ1) is 7.81. The highest BCUT2D eigenvalue weighted by atomic mass is 15.3. The zero-order valence-electron chi connectivity index (χ0n) is 8.96. The Labute approximate surface area is 92.4 Å². The molecule has 0 radical (unpaired) electrons. The summed E-state index contributed by atoms with van der Waals surface area (Å²) in [5, 5.41) is 12.0. The standard InChI is InChI=1S/C9H13N7/c1-2-5-16-8(10)7(6-13-16)14-15-9-11-3-4-12-9/h3-4,6H,2,5,10H2,1H3,(H,11,12). The van der Waals surface area contributed by atoms with Crippen molar-refractivity contribution >= 4 is 17.5 Å². The third-order valence-corrected chi connectivity index (χ3v) is 2.03. The largest absolute Gasteiger partial charge is 0.382 e. The highest BCUT2D eigenvalue weighted by molar-refractivity contribution is 5.56. The summed E-state index contributed by atoms with van der Waals surface area (Å²) in [6, 6.07) is 0. The van der Waals surface area contributed by atoms with Gasteiger partial charge in [0.15, 0.2) is 0 Å². The van der Waals surface area contributed by atoms with Gasteiger partial charge in [0.25, 0.3) is 0 Å². The first-order valence-corrected chi connectivity index (χ1v) is 5.03. The Hall–Kier alpha value is -2.18. The monoisotopic (exact) mass is 219 g/mol. The topological polar surface area (TPSA) is 97.2 Å². The molecule has 0 aliphatic rings. The van der Waals surface area contributed by atoms with Crippen molar-refractivity contribution in [3.63, 3.8) is 0 Å². The van der Waals surface area contributed by atoms with Gasteiger partial charge in [-0.05, 0) is 6.42 Å². The van der Waals surface area contributed by atoms with Gasteiger partial charge in [0.1, 0.15) is 11.5 Å². The van der Waals surface area contributed by atoms with Crippen LogP contribution in [-0.2, 0) is 6.54 Å². The number of azo groups is 1. The zero-order chi connectivity index (χ0) is 11.4. The van der Waals surface area contributed by atoms with E-state index in [1.165, 1.54) is 0 Å². The summed E-state index contributed by atoms with van der Waals surface area (Å²) in [6.45, 7) is 2.84. The van der Waals surface area contributed by atoms with Crippen LogP contribution in [0.1, 0.15) is 13.3 Å². The van der Waals surface area contributed by atoms with Gasteiger partial charge in [-0.15, -0.1) is 10.2 Å². The molecule has 7 nitrogen and oxygen atoms in total. The number of nitrogens with one attached hydrogen (secondary N) is 1. The van der Waals surface area contributed by atoms with Crippen LogP contribution in [0.25, 0.3) is 0 Å². The van der Waals surface area contributed by atoms with Crippen LogP contribution in [0.4, 0.5) is 17.5 Å². The first-order valence-electron chi connectivity index (χ1n) is 5.03. The summed E-state index contributed by atoms with van der Waals surface area (Å²) in [5.41, 5.74) is 6.41. The van der Waals surface area contributed by atoms with Gasteiger partial charge in [0, 0.05) is 18.9 Å². The molecule has 2 aromatic heterocycles. The minimum Gasteiger partial charge on any atom is -0.382 e.